The Bertz CT molecular complexity index is 865. The van der Waals surface area contributed by atoms with Crippen LogP contribution < -0.4 is 10.6 Å². The van der Waals surface area contributed by atoms with Crippen LogP contribution in [0, 0.1) is 0 Å². The van der Waals surface area contributed by atoms with Crippen LogP contribution in [0.1, 0.15) is 17.2 Å². The van der Waals surface area contributed by atoms with Gasteiger partial charge in [0.15, 0.2) is 0 Å². The van der Waals surface area contributed by atoms with Crippen LogP contribution in [-0.2, 0) is 15.7 Å². The molecule has 1 aromatic carbocycles. The number of ether oxygens (including phenoxy) is 1. The van der Waals surface area contributed by atoms with Gasteiger partial charge in [-0.15, -0.1) is 0 Å². The van der Waals surface area contributed by atoms with Crippen molar-refractivity contribution in [2.75, 3.05) is 37.4 Å². The van der Waals surface area contributed by atoms with E-state index < -0.39 is 11.7 Å². The SMILES string of the molecule is CNc1nc(Nc2ccc(C3CN(C=O)CCO3)cc2Br)ncc1C(F)(F)F. The topological polar surface area (TPSA) is 79.4 Å². The molecule has 1 fully saturated rings. The van der Waals surface area contributed by atoms with Crippen molar-refractivity contribution in [2.24, 2.45) is 0 Å². The Kier molecular flexibility index (Phi) is 6.04. The molecule has 2 heterocycles. The molecule has 2 N–H and O–H groups in total. The summed E-state index contributed by atoms with van der Waals surface area (Å²) in [5.41, 5.74) is 0.506. The number of morpholine rings is 1. The van der Waals surface area contributed by atoms with Crippen molar-refractivity contribution in [1.82, 2.24) is 14.9 Å². The highest BCUT2D eigenvalue weighted by Gasteiger charge is 2.35. The molecule has 28 heavy (non-hydrogen) atoms. The zero-order valence-corrected chi connectivity index (χ0v) is 16.3. The Hall–Kier alpha value is -2.40. The van der Waals surface area contributed by atoms with Crippen molar-refractivity contribution in [3.63, 3.8) is 0 Å². The lowest BCUT2D eigenvalue weighted by molar-refractivity contribution is -0.137. The molecule has 1 aromatic heterocycles. The third-order valence-corrected chi connectivity index (χ3v) is 4.85. The van der Waals surface area contributed by atoms with Gasteiger partial charge in [0.1, 0.15) is 17.5 Å². The number of carbonyl (C=O) groups excluding carboxylic acids is 1. The van der Waals surface area contributed by atoms with Crippen LogP contribution in [-0.4, -0.2) is 48.0 Å². The first-order chi connectivity index (χ1) is 13.3. The van der Waals surface area contributed by atoms with Gasteiger partial charge in [-0.05, 0) is 33.6 Å². The molecule has 2 aromatic rings. The van der Waals surface area contributed by atoms with Crippen LogP contribution in [0.4, 0.5) is 30.6 Å². The summed E-state index contributed by atoms with van der Waals surface area (Å²) in [6.07, 6.45) is -3.27. The average Bonchev–Trinajstić information content (AvgIpc) is 2.68. The van der Waals surface area contributed by atoms with Gasteiger partial charge in [0.25, 0.3) is 0 Å². The lowest BCUT2D eigenvalue weighted by atomic mass is 10.1. The van der Waals surface area contributed by atoms with Crippen LogP contribution >= 0.6 is 15.9 Å². The van der Waals surface area contributed by atoms with E-state index in [1.807, 2.05) is 12.1 Å². The fourth-order valence-corrected chi connectivity index (χ4v) is 3.26. The van der Waals surface area contributed by atoms with E-state index in [9.17, 15) is 18.0 Å². The number of benzene rings is 1. The monoisotopic (exact) mass is 459 g/mol. The standard InChI is InChI=1S/C17H17BrF3N5O2/c1-22-15-11(17(19,20)21)7-23-16(25-15)24-13-3-2-10(6-12(13)18)14-8-26(9-27)4-5-28-14/h2-3,6-7,9,14H,4-5,8H2,1H3,(H2,22,23,24,25). The van der Waals surface area contributed by atoms with Crippen LogP contribution in [0.15, 0.2) is 28.9 Å². The molecular weight excluding hydrogens is 443 g/mol. The molecule has 11 heteroatoms. The van der Waals surface area contributed by atoms with E-state index in [-0.39, 0.29) is 17.9 Å². The summed E-state index contributed by atoms with van der Waals surface area (Å²) in [5, 5.41) is 5.32. The summed E-state index contributed by atoms with van der Waals surface area (Å²) in [6.45, 7) is 1.46. The highest BCUT2D eigenvalue weighted by atomic mass is 79.9. The maximum absolute atomic E-state index is 12.9. The molecule has 1 aliphatic rings. The van der Waals surface area contributed by atoms with Gasteiger partial charge < -0.3 is 20.3 Å². The molecule has 0 aliphatic carbocycles. The molecule has 1 unspecified atom stereocenters. The van der Waals surface area contributed by atoms with Crippen molar-refractivity contribution < 1.29 is 22.7 Å². The molecule has 1 atom stereocenters. The van der Waals surface area contributed by atoms with Gasteiger partial charge in [-0.2, -0.15) is 18.2 Å². The summed E-state index contributed by atoms with van der Waals surface area (Å²) in [4.78, 5) is 20.2. The third kappa shape index (κ3) is 4.53. The van der Waals surface area contributed by atoms with Gasteiger partial charge in [0.05, 0.1) is 18.8 Å². The summed E-state index contributed by atoms with van der Waals surface area (Å²) in [7, 11) is 1.36. The normalized spacial score (nSPS) is 17.3. The summed E-state index contributed by atoms with van der Waals surface area (Å²) in [6, 6.07) is 5.38. The molecule has 1 aliphatic heterocycles. The van der Waals surface area contributed by atoms with Gasteiger partial charge in [-0.25, -0.2) is 4.98 Å². The second-order valence-corrected chi connectivity index (χ2v) is 6.88. The second kappa shape index (κ2) is 8.31. The number of carbonyl (C=O) groups is 1. The summed E-state index contributed by atoms with van der Waals surface area (Å²) >= 11 is 3.43. The predicted molar refractivity (Wildman–Crippen MR) is 100 cm³/mol. The van der Waals surface area contributed by atoms with Gasteiger partial charge in [0, 0.05) is 24.3 Å². The Balaban J connectivity index is 1.79. The molecule has 150 valence electrons. The molecular formula is C17H17BrF3N5O2. The summed E-state index contributed by atoms with van der Waals surface area (Å²) in [5.74, 6) is -0.297. The lowest BCUT2D eigenvalue weighted by Gasteiger charge is -2.30. The Morgan fingerprint density at radius 1 is 1.39 bits per heavy atom. The highest BCUT2D eigenvalue weighted by molar-refractivity contribution is 9.10. The van der Waals surface area contributed by atoms with E-state index in [4.69, 9.17) is 4.74 Å². The molecule has 0 spiro atoms. The van der Waals surface area contributed by atoms with E-state index in [1.165, 1.54) is 7.05 Å². The van der Waals surface area contributed by atoms with E-state index in [0.717, 1.165) is 18.2 Å². The smallest absolute Gasteiger partial charge is 0.372 e. The van der Waals surface area contributed by atoms with Gasteiger partial charge in [-0.1, -0.05) is 6.07 Å². The first kappa shape index (κ1) is 20.3. The quantitative estimate of drug-likeness (QED) is 0.665. The van der Waals surface area contributed by atoms with E-state index in [1.54, 1.807) is 11.0 Å². The fourth-order valence-electron chi connectivity index (χ4n) is 2.76. The number of rotatable bonds is 5. The number of aromatic nitrogens is 2. The molecule has 0 saturated carbocycles. The highest BCUT2D eigenvalue weighted by Crippen LogP contribution is 2.35. The van der Waals surface area contributed by atoms with E-state index in [2.05, 4.69) is 36.5 Å². The number of hydrogen-bond acceptors (Lipinski definition) is 6. The predicted octanol–water partition coefficient (Wildman–Crippen LogP) is 3.57. The van der Waals surface area contributed by atoms with Crippen molar-refractivity contribution in [1.29, 1.82) is 0 Å². The maximum Gasteiger partial charge on any atom is 0.421 e. The van der Waals surface area contributed by atoms with Crippen molar-refractivity contribution in [3.8, 4) is 0 Å². The minimum atomic E-state index is -4.55. The lowest BCUT2D eigenvalue weighted by Crippen LogP contribution is -2.37. The maximum atomic E-state index is 12.9. The molecule has 1 saturated heterocycles. The van der Waals surface area contributed by atoms with Gasteiger partial charge in [-0.3, -0.25) is 4.79 Å². The van der Waals surface area contributed by atoms with Crippen molar-refractivity contribution >= 4 is 39.8 Å². The zero-order valence-electron chi connectivity index (χ0n) is 14.8. The number of alkyl halides is 3. The molecule has 0 bridgehead atoms. The Labute approximate surface area is 167 Å². The fraction of sp³-hybridized carbons (Fsp3) is 0.353. The number of amides is 1. The van der Waals surface area contributed by atoms with Crippen molar-refractivity contribution in [3.05, 3.63) is 40.0 Å². The van der Waals surface area contributed by atoms with E-state index in [0.29, 0.717) is 29.9 Å². The number of hydrogen-bond donors (Lipinski definition) is 2. The first-order valence-corrected chi connectivity index (χ1v) is 9.10. The average molecular weight is 460 g/mol. The van der Waals surface area contributed by atoms with Crippen LogP contribution in [0.2, 0.25) is 0 Å². The Morgan fingerprint density at radius 3 is 2.82 bits per heavy atom. The number of nitrogens with zero attached hydrogens (tertiary/aromatic N) is 3. The first-order valence-electron chi connectivity index (χ1n) is 8.31. The van der Waals surface area contributed by atoms with Crippen LogP contribution in [0.3, 0.4) is 0 Å². The van der Waals surface area contributed by atoms with Gasteiger partial charge >= 0.3 is 6.18 Å². The van der Waals surface area contributed by atoms with Crippen LogP contribution in [0.5, 0.6) is 0 Å². The zero-order chi connectivity index (χ0) is 20.3. The second-order valence-electron chi connectivity index (χ2n) is 6.03. The third-order valence-electron chi connectivity index (χ3n) is 4.19. The van der Waals surface area contributed by atoms with Crippen molar-refractivity contribution in [2.45, 2.75) is 12.3 Å². The molecule has 0 radical (unpaired) electrons. The largest absolute Gasteiger partial charge is 0.421 e. The minimum absolute atomic E-state index is 0.0202. The summed E-state index contributed by atoms with van der Waals surface area (Å²) < 4.78 is 45.2. The molecule has 3 rings (SSSR count). The number of halogens is 4. The van der Waals surface area contributed by atoms with Gasteiger partial charge in [0.2, 0.25) is 12.4 Å². The number of nitrogens with one attached hydrogen (secondary N) is 2. The van der Waals surface area contributed by atoms with Crippen LogP contribution in [0.25, 0.3) is 0 Å². The Morgan fingerprint density at radius 2 is 2.18 bits per heavy atom. The number of anilines is 3. The molecule has 1 amide bonds. The molecule has 7 nitrogen and oxygen atoms in total. The van der Waals surface area contributed by atoms with E-state index >= 15 is 0 Å². The minimum Gasteiger partial charge on any atom is -0.372 e.